The van der Waals surface area contributed by atoms with Crippen molar-refractivity contribution in [2.24, 2.45) is 0 Å². The highest BCUT2D eigenvalue weighted by Gasteiger charge is 2.43. The van der Waals surface area contributed by atoms with Crippen molar-refractivity contribution in [1.82, 2.24) is 14.9 Å². The lowest BCUT2D eigenvalue weighted by Gasteiger charge is -2.28. The molecule has 0 amide bonds. The van der Waals surface area contributed by atoms with Gasteiger partial charge in [0, 0.05) is 17.6 Å². The Kier molecular flexibility index (Phi) is 6.06. The van der Waals surface area contributed by atoms with Gasteiger partial charge in [-0.15, -0.1) is 0 Å². The Balaban J connectivity index is 1.72. The van der Waals surface area contributed by atoms with Gasteiger partial charge in [-0.05, 0) is 74.1 Å². The number of hydrogen-bond acceptors (Lipinski definition) is 2. The summed E-state index contributed by atoms with van der Waals surface area (Å²) in [7, 11) is 0. The molecule has 0 spiro atoms. The van der Waals surface area contributed by atoms with E-state index in [0.29, 0.717) is 20.8 Å². The molecule has 34 heavy (non-hydrogen) atoms. The quantitative estimate of drug-likeness (QED) is 0.296. The second-order valence-corrected chi connectivity index (χ2v) is 9.35. The minimum atomic E-state index is -0.343. The maximum atomic E-state index is 15.0. The van der Waals surface area contributed by atoms with E-state index in [0.717, 1.165) is 28.3 Å². The summed E-state index contributed by atoms with van der Waals surface area (Å²) in [5.41, 5.74) is 4.94. The molecule has 8 heteroatoms. The van der Waals surface area contributed by atoms with E-state index in [1.807, 2.05) is 49.1 Å². The fourth-order valence-corrected chi connectivity index (χ4v) is 5.42. The Morgan fingerprint density at radius 1 is 0.971 bits per heavy atom. The number of benzene rings is 2. The van der Waals surface area contributed by atoms with Gasteiger partial charge < -0.3 is 14.8 Å². The van der Waals surface area contributed by atoms with Crippen LogP contribution in [-0.2, 0) is 0 Å². The minimum Gasteiger partial charge on any atom is -0.351 e. The number of para-hydroxylation sites is 1. The molecule has 3 heterocycles. The number of thiocarbonyl (C=S) groups is 1. The smallest absolute Gasteiger partial charge is 0.174 e. The highest BCUT2D eigenvalue weighted by atomic mass is 35.5. The Morgan fingerprint density at radius 3 is 2.44 bits per heavy atom. The standard InChI is InChI=1S/C26H21Cl2FN4S/c1-15-14-17(16(2)32(15)22-12-7-8-18(27)23(22)28)25-24(20-10-5-6-13-30-20)31-26(34)33(25)21-11-4-3-9-19(21)29/h3-14,24-25H,1-2H3,(H,31,34)/t24-,25-/m0/s1. The molecule has 0 bridgehead atoms. The van der Waals surface area contributed by atoms with E-state index in [2.05, 4.69) is 20.9 Å². The zero-order valence-corrected chi connectivity index (χ0v) is 20.8. The maximum Gasteiger partial charge on any atom is 0.174 e. The Bertz CT molecular complexity index is 1390. The van der Waals surface area contributed by atoms with Crippen LogP contribution in [0.1, 0.15) is 34.7 Å². The first kappa shape index (κ1) is 22.8. The van der Waals surface area contributed by atoms with E-state index in [9.17, 15) is 4.39 Å². The Morgan fingerprint density at radius 2 is 1.71 bits per heavy atom. The highest BCUT2D eigenvalue weighted by Crippen LogP contribution is 2.44. The van der Waals surface area contributed by atoms with Gasteiger partial charge in [0.2, 0.25) is 0 Å². The predicted molar refractivity (Wildman–Crippen MR) is 140 cm³/mol. The molecule has 1 fully saturated rings. The number of hydrogen-bond donors (Lipinski definition) is 1. The molecule has 0 unspecified atom stereocenters. The Hall–Kier alpha value is -2.93. The van der Waals surface area contributed by atoms with Gasteiger partial charge in [0.05, 0.1) is 39.2 Å². The average Bonchev–Trinajstić information content (AvgIpc) is 3.32. The van der Waals surface area contributed by atoms with E-state index in [1.165, 1.54) is 6.07 Å². The van der Waals surface area contributed by atoms with Crippen molar-refractivity contribution in [1.29, 1.82) is 0 Å². The SMILES string of the molecule is Cc1cc([C@H]2[C@H](c3ccccn3)NC(=S)N2c2ccccc2F)c(C)n1-c1cccc(Cl)c1Cl. The first-order valence-corrected chi connectivity index (χ1v) is 11.9. The predicted octanol–water partition coefficient (Wildman–Crippen LogP) is 7.11. The molecular formula is C26H21Cl2FN4S. The lowest BCUT2D eigenvalue weighted by molar-refractivity contribution is 0.556. The van der Waals surface area contributed by atoms with Crippen molar-refractivity contribution >= 4 is 46.2 Å². The fraction of sp³-hybridized carbons (Fsp3) is 0.154. The fourth-order valence-electron chi connectivity index (χ4n) is 4.70. The van der Waals surface area contributed by atoms with Crippen LogP contribution in [0, 0.1) is 19.7 Å². The van der Waals surface area contributed by atoms with E-state index in [4.69, 9.17) is 35.4 Å². The summed E-state index contributed by atoms with van der Waals surface area (Å²) in [5, 5.41) is 4.78. The summed E-state index contributed by atoms with van der Waals surface area (Å²) in [5.74, 6) is -0.343. The first-order chi connectivity index (χ1) is 16.4. The molecule has 1 N–H and O–H groups in total. The second kappa shape index (κ2) is 9.02. The molecule has 172 valence electrons. The van der Waals surface area contributed by atoms with Gasteiger partial charge >= 0.3 is 0 Å². The minimum absolute atomic E-state index is 0.280. The van der Waals surface area contributed by atoms with Crippen LogP contribution in [0.15, 0.2) is 72.9 Å². The maximum absolute atomic E-state index is 15.0. The third kappa shape index (κ3) is 3.76. The number of rotatable bonds is 4. The van der Waals surface area contributed by atoms with Gasteiger partial charge in [-0.3, -0.25) is 4.98 Å². The third-order valence-electron chi connectivity index (χ3n) is 6.17. The number of anilines is 1. The lowest BCUT2D eigenvalue weighted by Crippen LogP contribution is -2.30. The molecule has 2 atom stereocenters. The zero-order chi connectivity index (χ0) is 24.0. The Labute approximate surface area is 213 Å². The van der Waals surface area contributed by atoms with Crippen molar-refractivity contribution in [2.45, 2.75) is 25.9 Å². The third-order valence-corrected chi connectivity index (χ3v) is 7.29. The molecule has 4 aromatic rings. The van der Waals surface area contributed by atoms with Crippen LogP contribution in [0.25, 0.3) is 5.69 Å². The monoisotopic (exact) mass is 510 g/mol. The lowest BCUT2D eigenvalue weighted by atomic mass is 9.96. The number of halogens is 3. The molecule has 2 aromatic carbocycles. The van der Waals surface area contributed by atoms with Crippen LogP contribution in [0.4, 0.5) is 10.1 Å². The number of nitrogens with zero attached hydrogens (tertiary/aromatic N) is 3. The van der Waals surface area contributed by atoms with Gasteiger partial charge in [-0.25, -0.2) is 4.39 Å². The van der Waals surface area contributed by atoms with Gasteiger partial charge in [0.25, 0.3) is 0 Å². The first-order valence-electron chi connectivity index (χ1n) is 10.8. The summed E-state index contributed by atoms with van der Waals surface area (Å²) < 4.78 is 17.1. The van der Waals surface area contributed by atoms with Crippen molar-refractivity contribution in [2.75, 3.05) is 4.90 Å². The molecule has 2 aromatic heterocycles. The molecule has 1 saturated heterocycles. The number of nitrogens with one attached hydrogen (secondary N) is 1. The summed E-state index contributed by atoms with van der Waals surface area (Å²) >= 11 is 18.6. The molecule has 0 radical (unpaired) electrons. The van der Waals surface area contributed by atoms with E-state index < -0.39 is 0 Å². The zero-order valence-electron chi connectivity index (χ0n) is 18.5. The molecule has 0 aliphatic carbocycles. The topological polar surface area (TPSA) is 33.1 Å². The van der Waals surface area contributed by atoms with E-state index in [1.54, 1.807) is 30.5 Å². The van der Waals surface area contributed by atoms with Crippen LogP contribution >= 0.6 is 35.4 Å². The highest BCUT2D eigenvalue weighted by molar-refractivity contribution is 7.80. The number of aryl methyl sites for hydroxylation is 1. The normalized spacial score (nSPS) is 17.8. The number of aromatic nitrogens is 2. The van der Waals surface area contributed by atoms with Crippen molar-refractivity contribution in [3.8, 4) is 5.69 Å². The van der Waals surface area contributed by atoms with Crippen LogP contribution in [0.3, 0.4) is 0 Å². The summed E-state index contributed by atoms with van der Waals surface area (Å²) in [4.78, 5) is 6.42. The number of pyridine rings is 1. The van der Waals surface area contributed by atoms with Crippen molar-refractivity contribution < 1.29 is 4.39 Å². The van der Waals surface area contributed by atoms with Gasteiger partial charge in [-0.2, -0.15) is 0 Å². The van der Waals surface area contributed by atoms with Crippen LogP contribution < -0.4 is 10.2 Å². The van der Waals surface area contributed by atoms with E-state index >= 15 is 0 Å². The summed E-state index contributed by atoms with van der Waals surface area (Å²) in [6, 6.07) is 19.5. The van der Waals surface area contributed by atoms with Crippen LogP contribution in [0.5, 0.6) is 0 Å². The van der Waals surface area contributed by atoms with Gasteiger partial charge in [-0.1, -0.05) is 47.5 Å². The summed E-state index contributed by atoms with van der Waals surface area (Å²) in [6.07, 6.45) is 1.75. The molecule has 5 rings (SSSR count). The van der Waals surface area contributed by atoms with Gasteiger partial charge in [0.1, 0.15) is 5.82 Å². The van der Waals surface area contributed by atoms with Crippen molar-refractivity contribution in [3.05, 3.63) is 111 Å². The molecule has 1 aliphatic heterocycles. The van der Waals surface area contributed by atoms with Crippen molar-refractivity contribution in [3.63, 3.8) is 0 Å². The largest absolute Gasteiger partial charge is 0.351 e. The molecule has 1 aliphatic rings. The van der Waals surface area contributed by atoms with Gasteiger partial charge in [0.15, 0.2) is 5.11 Å². The average molecular weight is 511 g/mol. The van der Waals surface area contributed by atoms with Crippen LogP contribution in [-0.4, -0.2) is 14.7 Å². The molecule has 0 saturated carbocycles. The molecule has 4 nitrogen and oxygen atoms in total. The molecular weight excluding hydrogens is 490 g/mol. The summed E-state index contributed by atoms with van der Waals surface area (Å²) in [6.45, 7) is 4.04. The van der Waals surface area contributed by atoms with Crippen LogP contribution in [0.2, 0.25) is 10.0 Å². The van der Waals surface area contributed by atoms with E-state index in [-0.39, 0.29) is 17.9 Å². The second-order valence-electron chi connectivity index (χ2n) is 8.18.